The summed E-state index contributed by atoms with van der Waals surface area (Å²) in [6, 6.07) is 25.0. The van der Waals surface area contributed by atoms with Crippen molar-refractivity contribution in [1.82, 2.24) is 4.57 Å². The Morgan fingerprint density at radius 3 is 2.41 bits per heavy atom. The predicted octanol–water partition coefficient (Wildman–Crippen LogP) is 5.24. The summed E-state index contributed by atoms with van der Waals surface area (Å²) in [6.45, 7) is 1.86. The first-order chi connectivity index (χ1) is 13.2. The first kappa shape index (κ1) is 15.6. The summed E-state index contributed by atoms with van der Waals surface area (Å²) >= 11 is 0. The number of benzene rings is 3. The molecule has 5 rings (SSSR count). The number of hydrogen-bond acceptors (Lipinski definition) is 3. The van der Waals surface area contributed by atoms with E-state index < -0.39 is 0 Å². The summed E-state index contributed by atoms with van der Waals surface area (Å²) in [4.78, 5) is 18.2. The van der Waals surface area contributed by atoms with Crippen molar-refractivity contribution >= 4 is 22.3 Å². The van der Waals surface area contributed by atoms with Crippen LogP contribution in [-0.2, 0) is 0 Å². The van der Waals surface area contributed by atoms with E-state index in [1.165, 1.54) is 0 Å². The molecule has 0 radical (unpaired) electrons. The maximum atomic E-state index is 13.5. The second kappa shape index (κ2) is 5.95. The molecule has 0 spiro atoms. The molecule has 1 aromatic heterocycles. The Balaban J connectivity index is 1.94. The Morgan fingerprint density at radius 1 is 0.852 bits per heavy atom. The average Bonchev–Trinajstić information content (AvgIpc) is 2.85. The van der Waals surface area contributed by atoms with Crippen LogP contribution in [0.5, 0.6) is 11.5 Å². The number of fused-ring (bicyclic) bond motifs is 4. The molecule has 0 saturated carbocycles. The van der Waals surface area contributed by atoms with Gasteiger partial charge in [-0.1, -0.05) is 42.5 Å². The van der Waals surface area contributed by atoms with Crippen molar-refractivity contribution in [3.63, 3.8) is 0 Å². The lowest BCUT2D eigenvalue weighted by Crippen LogP contribution is -2.25. The highest BCUT2D eigenvalue weighted by Gasteiger charge is 2.24. The van der Waals surface area contributed by atoms with Crippen molar-refractivity contribution in [2.24, 2.45) is 4.99 Å². The number of nitrogens with zero attached hydrogens (tertiary/aromatic N) is 2. The van der Waals surface area contributed by atoms with E-state index in [9.17, 15) is 4.79 Å². The van der Waals surface area contributed by atoms with Gasteiger partial charge in [0.25, 0.3) is 5.56 Å². The zero-order chi connectivity index (χ0) is 18.4. The number of hydrogen-bond donors (Lipinski definition) is 0. The van der Waals surface area contributed by atoms with Crippen LogP contribution in [-0.4, -0.2) is 10.3 Å². The van der Waals surface area contributed by atoms with Gasteiger partial charge in [-0.15, -0.1) is 0 Å². The highest BCUT2D eigenvalue weighted by Crippen LogP contribution is 2.40. The smallest absolute Gasteiger partial charge is 0.268 e. The van der Waals surface area contributed by atoms with Gasteiger partial charge in [-0.25, -0.2) is 4.99 Å². The minimum Gasteiger partial charge on any atom is -0.453 e. The molecule has 1 aliphatic rings. The van der Waals surface area contributed by atoms with Crippen molar-refractivity contribution in [3.05, 3.63) is 94.8 Å². The minimum absolute atomic E-state index is 0.135. The number of ether oxygens (including phenoxy) is 1. The van der Waals surface area contributed by atoms with Gasteiger partial charge in [0.1, 0.15) is 11.3 Å². The van der Waals surface area contributed by atoms with Crippen LogP contribution in [0.15, 0.2) is 88.6 Å². The van der Waals surface area contributed by atoms with Gasteiger partial charge < -0.3 is 4.74 Å². The van der Waals surface area contributed by atoms with Gasteiger partial charge in [-0.05, 0) is 43.3 Å². The van der Waals surface area contributed by atoms with E-state index >= 15 is 0 Å². The predicted molar refractivity (Wildman–Crippen MR) is 108 cm³/mol. The van der Waals surface area contributed by atoms with Crippen molar-refractivity contribution in [2.45, 2.75) is 6.92 Å². The van der Waals surface area contributed by atoms with Crippen LogP contribution in [0.4, 0.5) is 5.69 Å². The van der Waals surface area contributed by atoms with Gasteiger partial charge in [0.05, 0.1) is 11.2 Å². The summed E-state index contributed by atoms with van der Waals surface area (Å²) < 4.78 is 7.96. The second-order valence-electron chi connectivity index (χ2n) is 6.46. The number of para-hydroxylation sites is 4. The van der Waals surface area contributed by atoms with Crippen molar-refractivity contribution in [2.75, 3.05) is 0 Å². The van der Waals surface area contributed by atoms with Gasteiger partial charge in [0.2, 0.25) is 0 Å². The lowest BCUT2D eigenvalue weighted by molar-refractivity contribution is 0.489. The van der Waals surface area contributed by atoms with Crippen LogP contribution in [0.2, 0.25) is 0 Å². The van der Waals surface area contributed by atoms with Crippen LogP contribution in [0.25, 0.3) is 16.6 Å². The molecule has 0 fully saturated rings. The SMILES string of the molecule is CC1=Nc2ccccc2Oc2c1c(=O)n(-c1ccccc1)c1ccccc21. The van der Waals surface area contributed by atoms with E-state index in [0.717, 1.165) is 22.3 Å². The quantitative estimate of drug-likeness (QED) is 0.470. The van der Waals surface area contributed by atoms with E-state index in [-0.39, 0.29) is 5.56 Å². The van der Waals surface area contributed by atoms with E-state index in [0.29, 0.717) is 22.8 Å². The lowest BCUT2D eigenvalue weighted by atomic mass is 10.1. The molecular weight excluding hydrogens is 336 g/mol. The molecule has 0 N–H and O–H groups in total. The zero-order valence-corrected chi connectivity index (χ0v) is 14.7. The van der Waals surface area contributed by atoms with Gasteiger partial charge in [0, 0.05) is 11.1 Å². The molecule has 0 unspecified atom stereocenters. The maximum absolute atomic E-state index is 13.5. The highest BCUT2D eigenvalue weighted by molar-refractivity contribution is 6.07. The van der Waals surface area contributed by atoms with Crippen LogP contribution in [0.1, 0.15) is 12.5 Å². The van der Waals surface area contributed by atoms with Crippen molar-refractivity contribution < 1.29 is 4.74 Å². The monoisotopic (exact) mass is 352 g/mol. The lowest BCUT2D eigenvalue weighted by Gasteiger charge is -2.17. The second-order valence-corrected chi connectivity index (χ2v) is 6.46. The third-order valence-corrected chi connectivity index (χ3v) is 4.78. The summed E-state index contributed by atoms with van der Waals surface area (Å²) in [5.41, 5.74) is 3.35. The molecule has 2 heterocycles. The van der Waals surface area contributed by atoms with Crippen molar-refractivity contribution in [1.29, 1.82) is 0 Å². The number of pyridine rings is 1. The van der Waals surface area contributed by atoms with Crippen molar-refractivity contribution in [3.8, 4) is 17.2 Å². The number of aromatic nitrogens is 1. The van der Waals surface area contributed by atoms with Gasteiger partial charge in [0.15, 0.2) is 11.5 Å². The molecular formula is C23H16N2O2. The highest BCUT2D eigenvalue weighted by atomic mass is 16.5. The average molecular weight is 352 g/mol. The van der Waals surface area contributed by atoms with E-state index in [1.54, 1.807) is 4.57 Å². The summed E-state index contributed by atoms with van der Waals surface area (Å²) in [5, 5.41) is 0.877. The first-order valence-electron chi connectivity index (χ1n) is 8.80. The maximum Gasteiger partial charge on any atom is 0.268 e. The molecule has 0 bridgehead atoms. The first-order valence-corrected chi connectivity index (χ1v) is 8.80. The van der Waals surface area contributed by atoms with Crippen LogP contribution in [0.3, 0.4) is 0 Å². The molecule has 0 saturated heterocycles. The molecule has 0 aliphatic carbocycles. The summed E-state index contributed by atoms with van der Waals surface area (Å²) in [6.07, 6.45) is 0. The Labute approximate surface area is 156 Å². The molecule has 0 amide bonds. The molecule has 4 heteroatoms. The third kappa shape index (κ3) is 2.38. The van der Waals surface area contributed by atoms with E-state index in [1.807, 2.05) is 85.8 Å². The minimum atomic E-state index is -0.135. The number of aliphatic imine (C=N–C) groups is 1. The molecule has 4 nitrogen and oxygen atoms in total. The molecule has 0 atom stereocenters. The Kier molecular flexibility index (Phi) is 3.44. The molecule has 4 aromatic rings. The zero-order valence-electron chi connectivity index (χ0n) is 14.7. The fourth-order valence-corrected chi connectivity index (χ4v) is 3.55. The molecule has 1 aliphatic heterocycles. The molecule has 130 valence electrons. The summed E-state index contributed by atoms with van der Waals surface area (Å²) in [7, 11) is 0. The fraction of sp³-hybridized carbons (Fsp3) is 0.0435. The summed E-state index contributed by atoms with van der Waals surface area (Å²) in [5.74, 6) is 1.21. The van der Waals surface area contributed by atoms with Gasteiger partial charge in [-0.3, -0.25) is 9.36 Å². The topological polar surface area (TPSA) is 43.6 Å². The van der Waals surface area contributed by atoms with E-state index in [4.69, 9.17) is 4.74 Å². The van der Waals surface area contributed by atoms with Gasteiger partial charge >= 0.3 is 0 Å². The van der Waals surface area contributed by atoms with Crippen LogP contribution in [0, 0.1) is 0 Å². The van der Waals surface area contributed by atoms with Crippen LogP contribution < -0.4 is 10.3 Å². The van der Waals surface area contributed by atoms with Crippen LogP contribution >= 0.6 is 0 Å². The van der Waals surface area contributed by atoms with Gasteiger partial charge in [-0.2, -0.15) is 0 Å². The largest absolute Gasteiger partial charge is 0.453 e. The number of rotatable bonds is 1. The Hall–Kier alpha value is -3.66. The van der Waals surface area contributed by atoms with E-state index in [2.05, 4.69) is 4.99 Å². The Morgan fingerprint density at radius 2 is 1.56 bits per heavy atom. The fourth-order valence-electron chi connectivity index (χ4n) is 3.55. The molecule has 27 heavy (non-hydrogen) atoms. The third-order valence-electron chi connectivity index (χ3n) is 4.78. The normalized spacial score (nSPS) is 12.6. The molecule has 3 aromatic carbocycles. The Bertz CT molecular complexity index is 1270. The standard InChI is InChI=1S/C23H16N2O2/c1-15-21-22(27-20-14-8-6-12-18(20)24-15)17-11-5-7-13-19(17)25(23(21)26)16-9-3-2-4-10-16/h2-14H,1H3.